The van der Waals surface area contributed by atoms with Crippen molar-refractivity contribution in [1.82, 2.24) is 4.57 Å². The van der Waals surface area contributed by atoms with E-state index in [0.717, 1.165) is 40.0 Å². The number of hydrogen-bond acceptors (Lipinski definition) is 3. The Morgan fingerprint density at radius 2 is 1.93 bits per heavy atom. The van der Waals surface area contributed by atoms with Crippen LogP contribution in [0.15, 0.2) is 47.4 Å². The van der Waals surface area contributed by atoms with E-state index in [0.29, 0.717) is 18.7 Å². The fourth-order valence-electron chi connectivity index (χ4n) is 4.11. The van der Waals surface area contributed by atoms with E-state index < -0.39 is 11.4 Å². The molecule has 1 aromatic heterocycles. The Morgan fingerprint density at radius 1 is 1.21 bits per heavy atom. The molecule has 0 bridgehead atoms. The number of rotatable bonds is 4. The lowest BCUT2D eigenvalue weighted by Crippen LogP contribution is -2.22. The van der Waals surface area contributed by atoms with Crippen molar-refractivity contribution in [3.63, 3.8) is 0 Å². The lowest BCUT2D eigenvalue weighted by molar-refractivity contribution is 0.0694. The number of fused-ring (bicyclic) bond motifs is 3. The zero-order valence-electron chi connectivity index (χ0n) is 16.2. The molecule has 2 aromatic carbocycles. The Labute approximate surface area is 167 Å². The second kappa shape index (κ2) is 7.20. The Bertz CT molecular complexity index is 1180. The quantitative estimate of drug-likeness (QED) is 0.723. The summed E-state index contributed by atoms with van der Waals surface area (Å²) in [7, 11) is 1.62. The standard InChI is InChI=1S/C23H20FNO4/c1-3-15-16-8-9-25-12-19(23(27)28)21(26)11-20(25)18(16)10-17(22(15)29-2)13-4-6-14(24)7-5-13/h4-7,10-12H,3,8-9H2,1-2H3,(H,27,28). The molecule has 6 heteroatoms. The summed E-state index contributed by atoms with van der Waals surface area (Å²) in [6.45, 7) is 2.62. The number of carboxylic acids is 1. The van der Waals surface area contributed by atoms with Crippen molar-refractivity contribution in [2.24, 2.45) is 0 Å². The molecule has 1 aliphatic rings. The van der Waals surface area contributed by atoms with E-state index in [1.165, 1.54) is 24.4 Å². The van der Waals surface area contributed by atoms with Crippen LogP contribution < -0.4 is 10.2 Å². The molecule has 5 nitrogen and oxygen atoms in total. The molecule has 3 aromatic rings. The number of aromatic carboxylic acids is 1. The van der Waals surface area contributed by atoms with Gasteiger partial charge in [-0.3, -0.25) is 4.79 Å². The number of halogens is 1. The van der Waals surface area contributed by atoms with Crippen LogP contribution in [0.25, 0.3) is 22.4 Å². The average molecular weight is 393 g/mol. The van der Waals surface area contributed by atoms with Gasteiger partial charge in [0.25, 0.3) is 0 Å². The molecule has 0 saturated carbocycles. The second-order valence-corrected chi connectivity index (χ2v) is 7.01. The largest absolute Gasteiger partial charge is 0.496 e. The minimum atomic E-state index is -1.23. The van der Waals surface area contributed by atoms with E-state index in [9.17, 15) is 19.1 Å². The number of methoxy groups -OCH3 is 1. The average Bonchev–Trinajstić information content (AvgIpc) is 2.72. The lowest BCUT2D eigenvalue weighted by atomic mass is 9.86. The fraction of sp³-hybridized carbons (Fsp3) is 0.217. The normalized spacial score (nSPS) is 12.2. The van der Waals surface area contributed by atoms with E-state index in [2.05, 4.69) is 0 Å². The third-order valence-electron chi connectivity index (χ3n) is 5.45. The van der Waals surface area contributed by atoms with Gasteiger partial charge in [0, 0.05) is 29.9 Å². The maximum atomic E-state index is 13.4. The predicted molar refractivity (Wildman–Crippen MR) is 108 cm³/mol. The number of benzene rings is 2. The van der Waals surface area contributed by atoms with Gasteiger partial charge in [-0.2, -0.15) is 0 Å². The van der Waals surface area contributed by atoms with Crippen LogP contribution >= 0.6 is 0 Å². The van der Waals surface area contributed by atoms with Crippen LogP contribution in [0.5, 0.6) is 5.75 Å². The monoisotopic (exact) mass is 393 g/mol. The Morgan fingerprint density at radius 3 is 2.55 bits per heavy atom. The Kier molecular flexibility index (Phi) is 4.70. The minimum absolute atomic E-state index is 0.236. The van der Waals surface area contributed by atoms with Crippen molar-refractivity contribution in [3.05, 3.63) is 75.3 Å². The molecule has 148 valence electrons. The molecule has 1 N–H and O–H groups in total. The molecule has 0 radical (unpaired) electrons. The molecule has 4 rings (SSSR count). The zero-order valence-corrected chi connectivity index (χ0v) is 16.2. The zero-order chi connectivity index (χ0) is 20.7. The van der Waals surface area contributed by atoms with Crippen LogP contribution in [0, 0.1) is 5.82 Å². The predicted octanol–water partition coefficient (Wildman–Crippen LogP) is 4.15. The summed E-state index contributed by atoms with van der Waals surface area (Å²) in [5, 5.41) is 9.27. The number of ether oxygens (including phenoxy) is 1. The summed E-state index contributed by atoms with van der Waals surface area (Å²) in [5.41, 5.74) is 4.56. The van der Waals surface area contributed by atoms with Crippen molar-refractivity contribution in [3.8, 4) is 28.1 Å². The van der Waals surface area contributed by atoms with Crippen molar-refractivity contribution < 1.29 is 19.0 Å². The van der Waals surface area contributed by atoms with Gasteiger partial charge in [-0.25, -0.2) is 9.18 Å². The molecule has 0 spiro atoms. The van der Waals surface area contributed by atoms with Gasteiger partial charge >= 0.3 is 5.97 Å². The van der Waals surface area contributed by atoms with Gasteiger partial charge in [-0.05, 0) is 47.7 Å². The summed E-state index contributed by atoms with van der Waals surface area (Å²) >= 11 is 0. The Hall–Kier alpha value is -3.41. The number of carboxylic acid groups (broad SMARTS) is 1. The molecule has 0 atom stereocenters. The third-order valence-corrected chi connectivity index (χ3v) is 5.45. The summed E-state index contributed by atoms with van der Waals surface area (Å²) < 4.78 is 21.0. The number of nitrogens with zero attached hydrogens (tertiary/aromatic N) is 1. The van der Waals surface area contributed by atoms with E-state index >= 15 is 0 Å². The van der Waals surface area contributed by atoms with E-state index in [4.69, 9.17) is 4.74 Å². The van der Waals surface area contributed by atoms with Gasteiger partial charge in [-0.1, -0.05) is 19.1 Å². The SMILES string of the molecule is CCc1c2c(cc(-c3ccc(F)cc3)c1OC)-c1cc(=O)c(C(=O)O)cn1CC2. The topological polar surface area (TPSA) is 68.5 Å². The second-order valence-electron chi connectivity index (χ2n) is 7.01. The highest BCUT2D eigenvalue weighted by Crippen LogP contribution is 2.43. The lowest BCUT2D eigenvalue weighted by Gasteiger charge is -2.27. The maximum Gasteiger partial charge on any atom is 0.341 e. The first kappa shape index (κ1) is 18.9. The third kappa shape index (κ3) is 3.10. The first-order chi connectivity index (χ1) is 13.9. The minimum Gasteiger partial charge on any atom is -0.496 e. The molecule has 0 amide bonds. The molecule has 2 heterocycles. The Balaban J connectivity index is 2.02. The van der Waals surface area contributed by atoms with Gasteiger partial charge in [0.1, 0.15) is 17.1 Å². The summed E-state index contributed by atoms with van der Waals surface area (Å²) in [4.78, 5) is 23.7. The van der Waals surface area contributed by atoms with E-state index in [1.54, 1.807) is 19.2 Å². The first-order valence-electron chi connectivity index (χ1n) is 9.41. The smallest absolute Gasteiger partial charge is 0.341 e. The van der Waals surface area contributed by atoms with Crippen LogP contribution in [-0.2, 0) is 19.4 Å². The summed E-state index contributed by atoms with van der Waals surface area (Å²) in [5.74, 6) is -0.803. The van der Waals surface area contributed by atoms with E-state index in [1.807, 2.05) is 17.6 Å². The van der Waals surface area contributed by atoms with Crippen molar-refractivity contribution in [2.75, 3.05) is 7.11 Å². The van der Waals surface area contributed by atoms with Crippen LogP contribution in [0.3, 0.4) is 0 Å². The first-order valence-corrected chi connectivity index (χ1v) is 9.41. The van der Waals surface area contributed by atoms with Gasteiger partial charge in [0.05, 0.1) is 12.8 Å². The highest BCUT2D eigenvalue weighted by atomic mass is 19.1. The number of aryl methyl sites for hydroxylation is 1. The van der Waals surface area contributed by atoms with Crippen LogP contribution in [0.2, 0.25) is 0 Å². The van der Waals surface area contributed by atoms with Crippen LogP contribution in [0.1, 0.15) is 28.4 Å². The van der Waals surface area contributed by atoms with Crippen molar-refractivity contribution in [2.45, 2.75) is 26.3 Å². The maximum absolute atomic E-state index is 13.4. The molecule has 0 aliphatic carbocycles. The summed E-state index contributed by atoms with van der Waals surface area (Å²) in [6, 6.07) is 9.53. The van der Waals surface area contributed by atoms with Gasteiger partial charge in [-0.15, -0.1) is 0 Å². The number of aromatic nitrogens is 1. The number of hydrogen-bond donors (Lipinski definition) is 1. The molecule has 29 heavy (non-hydrogen) atoms. The number of carbonyl (C=O) groups is 1. The molecular weight excluding hydrogens is 373 g/mol. The van der Waals surface area contributed by atoms with E-state index in [-0.39, 0.29) is 11.4 Å². The van der Waals surface area contributed by atoms with Crippen molar-refractivity contribution >= 4 is 5.97 Å². The fourth-order valence-corrected chi connectivity index (χ4v) is 4.11. The highest BCUT2D eigenvalue weighted by Gasteiger charge is 2.25. The van der Waals surface area contributed by atoms with Gasteiger partial charge in [0.15, 0.2) is 5.43 Å². The van der Waals surface area contributed by atoms with Crippen molar-refractivity contribution in [1.29, 1.82) is 0 Å². The van der Waals surface area contributed by atoms with Crippen LogP contribution in [0.4, 0.5) is 4.39 Å². The molecule has 0 unspecified atom stereocenters. The molecule has 0 fully saturated rings. The molecule has 0 saturated heterocycles. The number of pyridine rings is 1. The van der Waals surface area contributed by atoms with Gasteiger partial charge < -0.3 is 14.4 Å². The highest BCUT2D eigenvalue weighted by molar-refractivity contribution is 5.88. The molecule has 1 aliphatic heterocycles. The summed E-state index contributed by atoms with van der Waals surface area (Å²) in [6.07, 6.45) is 2.85. The van der Waals surface area contributed by atoms with Crippen LogP contribution in [-0.4, -0.2) is 22.8 Å². The van der Waals surface area contributed by atoms with Gasteiger partial charge in [0.2, 0.25) is 0 Å². The molecular formula is C23H20FNO4.